The van der Waals surface area contributed by atoms with E-state index in [1.807, 2.05) is 13.8 Å². The summed E-state index contributed by atoms with van der Waals surface area (Å²) in [6, 6.07) is -0.703. The van der Waals surface area contributed by atoms with Crippen molar-refractivity contribution in [2.24, 2.45) is 11.7 Å². The number of likely N-dealkylation sites (tertiary alicyclic amines) is 1. The molecular weight excluding hydrogens is 262 g/mol. The van der Waals surface area contributed by atoms with Crippen LogP contribution in [0, 0.1) is 5.92 Å². The summed E-state index contributed by atoms with van der Waals surface area (Å²) in [6.07, 6.45) is 1.84. The summed E-state index contributed by atoms with van der Waals surface area (Å²) in [7, 11) is 0. The molecule has 1 rings (SSSR count). The number of carboxylic acid groups (broad SMARTS) is 1. The van der Waals surface area contributed by atoms with Gasteiger partial charge in [0.05, 0.1) is 12.3 Å². The predicted molar refractivity (Wildman–Crippen MR) is 72.9 cm³/mol. The number of amides is 3. The van der Waals surface area contributed by atoms with Crippen molar-refractivity contribution in [1.29, 1.82) is 0 Å². The van der Waals surface area contributed by atoms with Gasteiger partial charge in [-0.25, -0.2) is 4.79 Å². The zero-order valence-corrected chi connectivity index (χ0v) is 12.0. The number of piperidine rings is 1. The molecule has 0 radical (unpaired) electrons. The molecule has 1 fully saturated rings. The Labute approximate surface area is 118 Å². The molecule has 0 aromatic rings. The topological polar surface area (TPSA) is 113 Å². The van der Waals surface area contributed by atoms with E-state index < -0.39 is 17.9 Å². The summed E-state index contributed by atoms with van der Waals surface area (Å²) in [5, 5.41) is 11.5. The van der Waals surface area contributed by atoms with Crippen molar-refractivity contribution in [2.75, 3.05) is 6.54 Å². The number of nitrogens with one attached hydrogen (secondary N) is 1. The molecule has 7 heteroatoms. The Morgan fingerprint density at radius 3 is 2.55 bits per heavy atom. The van der Waals surface area contributed by atoms with Crippen LogP contribution in [0.2, 0.25) is 0 Å². The van der Waals surface area contributed by atoms with Crippen LogP contribution in [0.5, 0.6) is 0 Å². The van der Waals surface area contributed by atoms with Crippen LogP contribution >= 0.6 is 0 Å². The van der Waals surface area contributed by atoms with E-state index in [2.05, 4.69) is 5.32 Å². The molecule has 0 aromatic carbocycles. The van der Waals surface area contributed by atoms with Gasteiger partial charge in [-0.2, -0.15) is 0 Å². The van der Waals surface area contributed by atoms with Crippen LogP contribution in [-0.2, 0) is 9.59 Å². The average molecular weight is 285 g/mol. The molecule has 3 unspecified atom stereocenters. The molecule has 0 spiro atoms. The Balaban J connectivity index is 2.63. The predicted octanol–water partition coefficient (Wildman–Crippen LogP) is 0.535. The van der Waals surface area contributed by atoms with E-state index in [-0.39, 0.29) is 24.4 Å². The van der Waals surface area contributed by atoms with Crippen LogP contribution in [0.15, 0.2) is 0 Å². The highest BCUT2D eigenvalue weighted by molar-refractivity contribution is 5.80. The van der Waals surface area contributed by atoms with E-state index in [1.165, 1.54) is 0 Å². The van der Waals surface area contributed by atoms with Gasteiger partial charge in [-0.3, -0.25) is 9.59 Å². The molecule has 0 saturated carbocycles. The Bertz CT molecular complexity index is 386. The number of hydrogen-bond donors (Lipinski definition) is 3. The lowest BCUT2D eigenvalue weighted by atomic mass is 9.93. The number of primary amides is 1. The fraction of sp³-hybridized carbons (Fsp3) is 0.769. The SMILES string of the molecule is CCC(CC(=O)O)NC(=O)N1CC(C(N)=O)CCC1C. The fourth-order valence-corrected chi connectivity index (χ4v) is 2.39. The Morgan fingerprint density at radius 2 is 2.05 bits per heavy atom. The molecule has 0 aromatic heterocycles. The van der Waals surface area contributed by atoms with Gasteiger partial charge in [-0.05, 0) is 26.2 Å². The van der Waals surface area contributed by atoms with Gasteiger partial charge in [-0.15, -0.1) is 0 Å². The Morgan fingerprint density at radius 1 is 1.40 bits per heavy atom. The smallest absolute Gasteiger partial charge is 0.317 e. The number of urea groups is 1. The highest BCUT2D eigenvalue weighted by Gasteiger charge is 2.32. The minimum Gasteiger partial charge on any atom is -0.481 e. The number of nitrogens with zero attached hydrogens (tertiary/aromatic N) is 1. The second-order valence-corrected chi connectivity index (χ2v) is 5.33. The first-order valence-electron chi connectivity index (χ1n) is 6.93. The summed E-state index contributed by atoms with van der Waals surface area (Å²) in [4.78, 5) is 35.7. The lowest BCUT2D eigenvalue weighted by molar-refractivity contribution is -0.137. The third-order valence-electron chi connectivity index (χ3n) is 3.79. The van der Waals surface area contributed by atoms with E-state index in [9.17, 15) is 14.4 Å². The number of rotatable bonds is 5. The summed E-state index contributed by atoms with van der Waals surface area (Å²) in [5.41, 5.74) is 5.29. The number of nitrogens with two attached hydrogens (primary N) is 1. The van der Waals surface area contributed by atoms with Crippen LogP contribution in [-0.4, -0.2) is 46.5 Å². The standard InChI is InChI=1S/C13H23N3O4/c1-3-10(6-11(17)18)15-13(20)16-7-9(12(14)19)5-4-8(16)2/h8-10H,3-7H2,1-2H3,(H2,14,19)(H,15,20)(H,17,18). The average Bonchev–Trinajstić information content (AvgIpc) is 2.37. The molecular formula is C13H23N3O4. The van der Waals surface area contributed by atoms with Gasteiger partial charge < -0.3 is 21.1 Å². The first kappa shape index (κ1) is 16.3. The molecule has 7 nitrogen and oxygen atoms in total. The monoisotopic (exact) mass is 285 g/mol. The zero-order chi connectivity index (χ0) is 15.3. The summed E-state index contributed by atoms with van der Waals surface area (Å²) in [5.74, 6) is -1.66. The molecule has 3 amide bonds. The maximum absolute atomic E-state index is 12.2. The van der Waals surface area contributed by atoms with Crippen LogP contribution in [0.25, 0.3) is 0 Å². The van der Waals surface area contributed by atoms with E-state index in [4.69, 9.17) is 10.8 Å². The first-order chi connectivity index (χ1) is 9.35. The summed E-state index contributed by atoms with van der Waals surface area (Å²) >= 11 is 0. The first-order valence-corrected chi connectivity index (χ1v) is 6.93. The Kier molecular flexibility index (Phi) is 5.79. The molecule has 1 aliphatic heterocycles. The highest BCUT2D eigenvalue weighted by atomic mass is 16.4. The van der Waals surface area contributed by atoms with E-state index in [0.717, 1.165) is 6.42 Å². The van der Waals surface area contributed by atoms with Crippen molar-refractivity contribution in [1.82, 2.24) is 10.2 Å². The zero-order valence-electron chi connectivity index (χ0n) is 12.0. The van der Waals surface area contributed by atoms with Gasteiger partial charge in [0, 0.05) is 18.6 Å². The van der Waals surface area contributed by atoms with Gasteiger partial charge >= 0.3 is 12.0 Å². The van der Waals surface area contributed by atoms with Crippen molar-refractivity contribution in [3.8, 4) is 0 Å². The van der Waals surface area contributed by atoms with E-state index >= 15 is 0 Å². The second kappa shape index (κ2) is 7.12. The molecule has 1 heterocycles. The molecule has 1 saturated heterocycles. The largest absolute Gasteiger partial charge is 0.481 e. The molecule has 114 valence electrons. The minimum absolute atomic E-state index is 0.0212. The number of carboxylic acids is 1. The minimum atomic E-state index is -0.946. The fourth-order valence-electron chi connectivity index (χ4n) is 2.39. The number of carbonyl (C=O) groups excluding carboxylic acids is 2. The van der Waals surface area contributed by atoms with Gasteiger partial charge in [0.25, 0.3) is 0 Å². The van der Waals surface area contributed by atoms with Crippen molar-refractivity contribution in [3.63, 3.8) is 0 Å². The van der Waals surface area contributed by atoms with Crippen LogP contribution in [0.1, 0.15) is 39.5 Å². The molecule has 1 aliphatic rings. The number of aliphatic carboxylic acids is 1. The van der Waals surface area contributed by atoms with Gasteiger partial charge in [0.1, 0.15) is 0 Å². The van der Waals surface area contributed by atoms with Crippen molar-refractivity contribution < 1.29 is 19.5 Å². The second-order valence-electron chi connectivity index (χ2n) is 5.33. The number of carbonyl (C=O) groups is 3. The third-order valence-corrected chi connectivity index (χ3v) is 3.79. The lowest BCUT2D eigenvalue weighted by Gasteiger charge is -2.37. The maximum atomic E-state index is 12.2. The van der Waals surface area contributed by atoms with Crippen LogP contribution in [0.4, 0.5) is 4.79 Å². The Hall–Kier alpha value is -1.79. The highest BCUT2D eigenvalue weighted by Crippen LogP contribution is 2.21. The molecule has 3 atom stereocenters. The van der Waals surface area contributed by atoms with Gasteiger partial charge in [0.15, 0.2) is 0 Å². The van der Waals surface area contributed by atoms with Gasteiger partial charge in [0.2, 0.25) is 5.91 Å². The van der Waals surface area contributed by atoms with Crippen molar-refractivity contribution in [2.45, 2.75) is 51.6 Å². The molecule has 0 aliphatic carbocycles. The molecule has 0 bridgehead atoms. The van der Waals surface area contributed by atoms with Crippen LogP contribution in [0.3, 0.4) is 0 Å². The van der Waals surface area contributed by atoms with Gasteiger partial charge in [-0.1, -0.05) is 6.92 Å². The summed E-state index contributed by atoms with van der Waals surface area (Å²) < 4.78 is 0. The third kappa shape index (κ3) is 4.40. The maximum Gasteiger partial charge on any atom is 0.317 e. The number of hydrogen-bond acceptors (Lipinski definition) is 3. The lowest BCUT2D eigenvalue weighted by Crippen LogP contribution is -2.54. The van der Waals surface area contributed by atoms with Crippen molar-refractivity contribution >= 4 is 17.9 Å². The van der Waals surface area contributed by atoms with E-state index in [0.29, 0.717) is 19.4 Å². The van der Waals surface area contributed by atoms with Crippen molar-refractivity contribution in [3.05, 3.63) is 0 Å². The quantitative estimate of drug-likeness (QED) is 0.684. The van der Waals surface area contributed by atoms with E-state index in [1.54, 1.807) is 4.90 Å². The normalized spacial score (nSPS) is 24.0. The van der Waals surface area contributed by atoms with Crippen LogP contribution < -0.4 is 11.1 Å². The molecule has 4 N–H and O–H groups in total. The summed E-state index contributed by atoms with van der Waals surface area (Å²) in [6.45, 7) is 4.03. The molecule has 20 heavy (non-hydrogen) atoms.